The average molecular weight is 390 g/mol. The van der Waals surface area contributed by atoms with Crippen LogP contribution in [0, 0.1) is 5.82 Å². The molecule has 0 saturated carbocycles. The summed E-state index contributed by atoms with van der Waals surface area (Å²) in [7, 11) is 0. The normalized spacial score (nSPS) is 15.9. The van der Waals surface area contributed by atoms with Gasteiger partial charge in [-0.15, -0.1) is 5.10 Å². The van der Waals surface area contributed by atoms with Gasteiger partial charge in [-0.25, -0.2) is 4.39 Å². The van der Waals surface area contributed by atoms with E-state index in [1.54, 1.807) is 24.3 Å². The van der Waals surface area contributed by atoms with Crippen LogP contribution in [0.25, 0.3) is 0 Å². The Labute approximate surface area is 160 Å². The number of benzene rings is 2. The van der Waals surface area contributed by atoms with Gasteiger partial charge in [0.2, 0.25) is 23.9 Å². The summed E-state index contributed by atoms with van der Waals surface area (Å²) in [5.74, 6) is -0.743. The Balaban J connectivity index is 1.84. The predicted molar refractivity (Wildman–Crippen MR) is 99.8 cm³/mol. The van der Waals surface area contributed by atoms with Gasteiger partial charge in [-0.1, -0.05) is 11.6 Å². The monoisotopic (exact) mass is 389 g/mol. The Kier molecular flexibility index (Phi) is 5.41. The van der Waals surface area contributed by atoms with Crippen LogP contribution in [-0.2, 0) is 14.3 Å². The number of hydrazone groups is 1. The van der Waals surface area contributed by atoms with Gasteiger partial charge < -0.3 is 9.64 Å². The molecule has 1 aliphatic heterocycles. The molecule has 1 atom stereocenters. The number of nitrogens with zero attached hydrogens (tertiary/aromatic N) is 3. The number of halogens is 2. The van der Waals surface area contributed by atoms with Crippen LogP contribution in [0.1, 0.15) is 19.4 Å². The number of hydrogen-bond acceptors (Lipinski definition) is 4. The highest BCUT2D eigenvalue weighted by Crippen LogP contribution is 2.23. The lowest BCUT2D eigenvalue weighted by Gasteiger charge is -2.27. The van der Waals surface area contributed by atoms with E-state index in [0.29, 0.717) is 16.3 Å². The van der Waals surface area contributed by atoms with E-state index >= 15 is 0 Å². The van der Waals surface area contributed by atoms with Crippen molar-refractivity contribution in [1.82, 2.24) is 5.01 Å². The van der Waals surface area contributed by atoms with Crippen LogP contribution in [0.15, 0.2) is 53.6 Å². The summed E-state index contributed by atoms with van der Waals surface area (Å²) in [5, 5.41) is 5.98. The number of carbonyl (C=O) groups is 2. The maximum atomic E-state index is 13.2. The first-order chi connectivity index (χ1) is 12.8. The summed E-state index contributed by atoms with van der Waals surface area (Å²) in [6.07, 6.45) is -0.804. The van der Waals surface area contributed by atoms with Crippen molar-refractivity contribution in [2.75, 3.05) is 11.4 Å². The fraction of sp³-hybridized carbons (Fsp3) is 0.211. The number of rotatable bonds is 4. The summed E-state index contributed by atoms with van der Waals surface area (Å²) in [6.45, 7) is 2.79. The number of hydrogen-bond donors (Lipinski definition) is 0. The summed E-state index contributed by atoms with van der Waals surface area (Å²) in [6, 6.07) is 12.3. The van der Waals surface area contributed by atoms with Crippen molar-refractivity contribution < 1.29 is 18.7 Å². The van der Waals surface area contributed by atoms with Crippen molar-refractivity contribution in [1.29, 1.82) is 0 Å². The fourth-order valence-corrected chi connectivity index (χ4v) is 2.79. The smallest absolute Gasteiger partial charge is 0.243 e. The average Bonchev–Trinajstić information content (AvgIpc) is 3.05. The highest BCUT2D eigenvalue weighted by atomic mass is 35.5. The molecule has 2 amide bonds. The van der Waals surface area contributed by atoms with E-state index in [4.69, 9.17) is 16.3 Å². The van der Waals surface area contributed by atoms with Crippen molar-refractivity contribution in [3.05, 3.63) is 64.9 Å². The first-order valence-corrected chi connectivity index (χ1v) is 8.57. The SMILES string of the molecule is CC(=O)N(C[C@H]1OC(c2ccc(Cl)cc2)=NN1C(C)=O)c1ccc(F)cc1. The van der Waals surface area contributed by atoms with Gasteiger partial charge in [0.15, 0.2) is 0 Å². The van der Waals surface area contributed by atoms with Crippen LogP contribution in [0.3, 0.4) is 0 Å². The molecule has 27 heavy (non-hydrogen) atoms. The Hall–Kier alpha value is -2.93. The van der Waals surface area contributed by atoms with E-state index in [9.17, 15) is 14.0 Å². The Morgan fingerprint density at radius 2 is 1.78 bits per heavy atom. The molecule has 0 saturated heterocycles. The molecule has 1 aliphatic rings. The van der Waals surface area contributed by atoms with Gasteiger partial charge in [-0.05, 0) is 48.5 Å². The van der Waals surface area contributed by atoms with Gasteiger partial charge in [0.25, 0.3) is 0 Å². The highest BCUT2D eigenvalue weighted by Gasteiger charge is 2.34. The molecule has 0 bridgehead atoms. The van der Waals surface area contributed by atoms with E-state index in [1.165, 1.54) is 48.0 Å². The molecule has 8 heteroatoms. The molecule has 6 nitrogen and oxygen atoms in total. The number of amides is 2. The molecular weight excluding hydrogens is 373 g/mol. The minimum atomic E-state index is -0.804. The Morgan fingerprint density at radius 1 is 1.15 bits per heavy atom. The molecule has 0 aromatic heterocycles. The molecule has 2 aromatic carbocycles. The minimum Gasteiger partial charge on any atom is -0.448 e. The predicted octanol–water partition coefficient (Wildman–Crippen LogP) is 3.40. The topological polar surface area (TPSA) is 62.2 Å². The molecular formula is C19H17ClFN3O3. The van der Waals surface area contributed by atoms with E-state index in [-0.39, 0.29) is 24.3 Å². The van der Waals surface area contributed by atoms with Gasteiger partial charge in [-0.3, -0.25) is 9.59 Å². The summed E-state index contributed by atoms with van der Waals surface area (Å²) in [5.41, 5.74) is 1.15. The zero-order valence-corrected chi connectivity index (χ0v) is 15.5. The molecule has 3 rings (SSSR count). The molecule has 1 heterocycles. The van der Waals surface area contributed by atoms with E-state index in [0.717, 1.165) is 0 Å². The second-order valence-electron chi connectivity index (χ2n) is 5.95. The van der Waals surface area contributed by atoms with Crippen LogP contribution in [0.2, 0.25) is 5.02 Å². The maximum Gasteiger partial charge on any atom is 0.243 e. The second kappa shape index (κ2) is 7.75. The van der Waals surface area contributed by atoms with Gasteiger partial charge in [0, 0.05) is 30.1 Å². The quantitative estimate of drug-likeness (QED) is 0.805. The molecule has 0 spiro atoms. The Morgan fingerprint density at radius 3 is 2.33 bits per heavy atom. The van der Waals surface area contributed by atoms with Crippen molar-refractivity contribution in [2.45, 2.75) is 20.1 Å². The van der Waals surface area contributed by atoms with Crippen molar-refractivity contribution in [2.24, 2.45) is 5.10 Å². The molecule has 140 valence electrons. The molecule has 2 aromatic rings. The number of anilines is 1. The standard InChI is InChI=1S/C19H17ClFN3O3/c1-12(25)23(17-9-7-16(21)8-10-17)11-18-24(13(2)26)22-19(27-18)14-3-5-15(20)6-4-14/h3-10,18H,11H2,1-2H3/t18-/m1/s1. The third-order valence-electron chi connectivity index (χ3n) is 3.99. The minimum absolute atomic E-state index is 0.0428. The van der Waals surface area contributed by atoms with Gasteiger partial charge in [-0.2, -0.15) is 5.01 Å². The molecule has 0 aliphatic carbocycles. The summed E-state index contributed by atoms with van der Waals surface area (Å²) >= 11 is 5.89. The van der Waals surface area contributed by atoms with E-state index in [1.807, 2.05) is 0 Å². The second-order valence-corrected chi connectivity index (χ2v) is 6.39. The largest absolute Gasteiger partial charge is 0.448 e. The maximum absolute atomic E-state index is 13.2. The number of carbonyl (C=O) groups excluding carboxylic acids is 2. The first-order valence-electron chi connectivity index (χ1n) is 8.20. The van der Waals surface area contributed by atoms with Crippen molar-refractivity contribution >= 4 is 35.0 Å². The molecule has 0 unspecified atom stereocenters. The van der Waals surface area contributed by atoms with Crippen LogP contribution in [0.5, 0.6) is 0 Å². The molecule has 0 N–H and O–H groups in total. The van der Waals surface area contributed by atoms with E-state index in [2.05, 4.69) is 5.10 Å². The van der Waals surface area contributed by atoms with Gasteiger partial charge in [0.05, 0.1) is 6.54 Å². The third kappa shape index (κ3) is 4.25. The number of ether oxygens (including phenoxy) is 1. The lowest BCUT2D eigenvalue weighted by atomic mass is 10.2. The highest BCUT2D eigenvalue weighted by molar-refractivity contribution is 6.30. The third-order valence-corrected chi connectivity index (χ3v) is 4.24. The van der Waals surface area contributed by atoms with Crippen LogP contribution in [0.4, 0.5) is 10.1 Å². The summed E-state index contributed by atoms with van der Waals surface area (Å²) in [4.78, 5) is 25.5. The van der Waals surface area contributed by atoms with Gasteiger partial charge in [0.1, 0.15) is 5.82 Å². The van der Waals surface area contributed by atoms with Gasteiger partial charge >= 0.3 is 0 Å². The van der Waals surface area contributed by atoms with Crippen LogP contribution >= 0.6 is 11.6 Å². The molecule has 0 fully saturated rings. The van der Waals surface area contributed by atoms with E-state index < -0.39 is 12.0 Å². The molecule has 0 radical (unpaired) electrons. The lowest BCUT2D eigenvalue weighted by molar-refractivity contribution is -0.135. The van der Waals surface area contributed by atoms with Crippen LogP contribution in [-0.4, -0.2) is 35.5 Å². The fourth-order valence-electron chi connectivity index (χ4n) is 2.66. The van der Waals surface area contributed by atoms with Crippen LogP contribution < -0.4 is 4.90 Å². The van der Waals surface area contributed by atoms with Crippen molar-refractivity contribution in [3.8, 4) is 0 Å². The summed E-state index contributed by atoms with van der Waals surface area (Å²) < 4.78 is 19.0. The zero-order chi connectivity index (χ0) is 19.6. The lowest BCUT2D eigenvalue weighted by Crippen LogP contribution is -2.44. The zero-order valence-electron chi connectivity index (χ0n) is 14.7. The Bertz CT molecular complexity index is 884. The van der Waals surface area contributed by atoms with Crippen molar-refractivity contribution in [3.63, 3.8) is 0 Å². The first kappa shape index (κ1) is 18.8.